The molecule has 2 atom stereocenters. The summed E-state index contributed by atoms with van der Waals surface area (Å²) in [6, 6.07) is 1.05. The van der Waals surface area contributed by atoms with Crippen molar-refractivity contribution in [3.8, 4) is 0 Å². The Hall–Kier alpha value is -0.410. The molecule has 2 unspecified atom stereocenters. The number of carbonyl (C=O) groups excluding carboxylic acids is 1. The smallest absolute Gasteiger partial charge is 0.134 e. The Kier molecular flexibility index (Phi) is 3.19. The summed E-state index contributed by atoms with van der Waals surface area (Å²) in [6.07, 6.45) is 3.76. The standard InChI is InChI=1S/C11H19NO2/c1-2-9-8-14-6-5-12(9)10-3-4-11(13)7-10/h9-10H,2-8H2,1H3. The topological polar surface area (TPSA) is 29.5 Å². The van der Waals surface area contributed by atoms with Crippen LogP contribution in [0.5, 0.6) is 0 Å². The van der Waals surface area contributed by atoms with Crippen molar-refractivity contribution in [2.45, 2.75) is 44.7 Å². The maximum Gasteiger partial charge on any atom is 0.134 e. The number of carbonyl (C=O) groups is 1. The number of hydrogen-bond acceptors (Lipinski definition) is 3. The van der Waals surface area contributed by atoms with Crippen LogP contribution in [0.15, 0.2) is 0 Å². The van der Waals surface area contributed by atoms with Crippen molar-refractivity contribution < 1.29 is 9.53 Å². The van der Waals surface area contributed by atoms with Gasteiger partial charge in [-0.05, 0) is 12.8 Å². The first-order valence-electron chi connectivity index (χ1n) is 5.66. The van der Waals surface area contributed by atoms with E-state index in [1.54, 1.807) is 0 Å². The monoisotopic (exact) mass is 197 g/mol. The summed E-state index contributed by atoms with van der Waals surface area (Å²) in [6.45, 7) is 4.89. The Bertz CT molecular complexity index is 217. The van der Waals surface area contributed by atoms with Gasteiger partial charge >= 0.3 is 0 Å². The Balaban J connectivity index is 1.96. The van der Waals surface area contributed by atoms with Crippen molar-refractivity contribution in [2.24, 2.45) is 0 Å². The van der Waals surface area contributed by atoms with Crippen LogP contribution in [0.25, 0.3) is 0 Å². The fourth-order valence-electron chi connectivity index (χ4n) is 2.58. The van der Waals surface area contributed by atoms with Gasteiger partial charge in [-0.25, -0.2) is 0 Å². The van der Waals surface area contributed by atoms with Crippen molar-refractivity contribution >= 4 is 5.78 Å². The molecule has 0 aromatic rings. The average Bonchev–Trinajstić information content (AvgIpc) is 2.65. The lowest BCUT2D eigenvalue weighted by Crippen LogP contribution is -2.49. The van der Waals surface area contributed by atoms with Crippen LogP contribution in [0.3, 0.4) is 0 Å². The van der Waals surface area contributed by atoms with Crippen molar-refractivity contribution in [3.63, 3.8) is 0 Å². The van der Waals surface area contributed by atoms with Crippen molar-refractivity contribution in [1.29, 1.82) is 0 Å². The first kappa shape index (κ1) is 10.1. The van der Waals surface area contributed by atoms with Crippen LogP contribution in [-0.4, -0.2) is 42.5 Å². The lowest BCUT2D eigenvalue weighted by molar-refractivity contribution is -0.118. The molecule has 1 heterocycles. The third-order valence-electron chi connectivity index (χ3n) is 3.43. The highest BCUT2D eigenvalue weighted by Crippen LogP contribution is 2.25. The summed E-state index contributed by atoms with van der Waals surface area (Å²) in [5.41, 5.74) is 0. The Morgan fingerprint density at radius 2 is 2.43 bits per heavy atom. The largest absolute Gasteiger partial charge is 0.378 e. The summed E-state index contributed by atoms with van der Waals surface area (Å²) in [4.78, 5) is 13.7. The van der Waals surface area contributed by atoms with E-state index in [-0.39, 0.29) is 0 Å². The second kappa shape index (κ2) is 4.41. The zero-order chi connectivity index (χ0) is 9.97. The maximum atomic E-state index is 11.2. The molecule has 3 heteroatoms. The van der Waals surface area contributed by atoms with E-state index in [0.29, 0.717) is 17.9 Å². The molecule has 80 valence electrons. The lowest BCUT2D eigenvalue weighted by Gasteiger charge is -2.39. The molecule has 0 N–H and O–H groups in total. The molecule has 0 radical (unpaired) electrons. The van der Waals surface area contributed by atoms with Gasteiger partial charge in [-0.15, -0.1) is 0 Å². The predicted molar refractivity (Wildman–Crippen MR) is 54.3 cm³/mol. The summed E-state index contributed by atoms with van der Waals surface area (Å²) >= 11 is 0. The normalized spacial score (nSPS) is 35.1. The Morgan fingerprint density at radius 1 is 1.57 bits per heavy atom. The number of ketones is 1. The van der Waals surface area contributed by atoms with Crippen LogP contribution in [0.4, 0.5) is 0 Å². The van der Waals surface area contributed by atoms with Gasteiger partial charge in [0.15, 0.2) is 0 Å². The third kappa shape index (κ3) is 1.98. The van der Waals surface area contributed by atoms with Gasteiger partial charge in [0.1, 0.15) is 5.78 Å². The zero-order valence-electron chi connectivity index (χ0n) is 8.87. The molecule has 1 saturated carbocycles. The van der Waals surface area contributed by atoms with E-state index < -0.39 is 0 Å². The molecule has 0 amide bonds. The van der Waals surface area contributed by atoms with Gasteiger partial charge in [0.05, 0.1) is 13.2 Å². The van der Waals surface area contributed by atoms with Crippen molar-refractivity contribution in [1.82, 2.24) is 4.90 Å². The fraction of sp³-hybridized carbons (Fsp3) is 0.909. The summed E-state index contributed by atoms with van der Waals surface area (Å²) in [5, 5.41) is 0. The first-order valence-corrected chi connectivity index (χ1v) is 5.66. The van der Waals surface area contributed by atoms with Gasteiger partial charge in [-0.2, -0.15) is 0 Å². The molecule has 1 aliphatic carbocycles. The quantitative estimate of drug-likeness (QED) is 0.666. The number of rotatable bonds is 2. The fourth-order valence-corrected chi connectivity index (χ4v) is 2.58. The van der Waals surface area contributed by atoms with E-state index in [9.17, 15) is 4.79 Å². The molecular weight excluding hydrogens is 178 g/mol. The number of Topliss-reactive ketones (excluding diaryl/α,β-unsaturated/α-hetero) is 1. The minimum atomic E-state index is 0.441. The first-order chi connectivity index (χ1) is 6.81. The molecule has 1 saturated heterocycles. The third-order valence-corrected chi connectivity index (χ3v) is 3.43. The number of hydrogen-bond donors (Lipinski definition) is 0. The average molecular weight is 197 g/mol. The van der Waals surface area contributed by atoms with E-state index in [4.69, 9.17) is 4.74 Å². The van der Waals surface area contributed by atoms with Gasteiger partial charge in [-0.1, -0.05) is 6.92 Å². The molecule has 14 heavy (non-hydrogen) atoms. The number of nitrogens with zero attached hydrogens (tertiary/aromatic N) is 1. The summed E-state index contributed by atoms with van der Waals surface area (Å²) in [7, 11) is 0. The molecule has 0 aromatic heterocycles. The molecule has 2 rings (SSSR count). The molecular formula is C11H19NO2. The minimum Gasteiger partial charge on any atom is -0.378 e. The Morgan fingerprint density at radius 3 is 3.07 bits per heavy atom. The van der Waals surface area contributed by atoms with E-state index in [0.717, 1.165) is 45.4 Å². The van der Waals surface area contributed by atoms with E-state index >= 15 is 0 Å². The van der Waals surface area contributed by atoms with Crippen LogP contribution in [0.2, 0.25) is 0 Å². The van der Waals surface area contributed by atoms with Crippen molar-refractivity contribution in [2.75, 3.05) is 19.8 Å². The van der Waals surface area contributed by atoms with Crippen LogP contribution in [0.1, 0.15) is 32.6 Å². The maximum absolute atomic E-state index is 11.2. The summed E-state index contributed by atoms with van der Waals surface area (Å²) in [5.74, 6) is 0.441. The molecule has 0 spiro atoms. The van der Waals surface area contributed by atoms with Crippen LogP contribution >= 0.6 is 0 Å². The zero-order valence-corrected chi connectivity index (χ0v) is 8.87. The van der Waals surface area contributed by atoms with E-state index in [1.165, 1.54) is 0 Å². The second-order valence-corrected chi connectivity index (χ2v) is 4.31. The van der Waals surface area contributed by atoms with Crippen molar-refractivity contribution in [3.05, 3.63) is 0 Å². The van der Waals surface area contributed by atoms with Crippen LogP contribution < -0.4 is 0 Å². The number of ether oxygens (including phenoxy) is 1. The highest BCUT2D eigenvalue weighted by molar-refractivity contribution is 5.81. The molecule has 1 aliphatic heterocycles. The van der Waals surface area contributed by atoms with E-state index in [2.05, 4.69) is 11.8 Å². The second-order valence-electron chi connectivity index (χ2n) is 4.31. The van der Waals surface area contributed by atoms with Crippen LogP contribution in [-0.2, 0) is 9.53 Å². The molecule has 0 aromatic carbocycles. The highest BCUT2D eigenvalue weighted by atomic mass is 16.5. The number of morpholine rings is 1. The molecule has 2 aliphatic rings. The predicted octanol–water partition coefficient (Wildman–Crippen LogP) is 1.22. The highest BCUT2D eigenvalue weighted by Gasteiger charge is 2.32. The molecule has 3 nitrogen and oxygen atoms in total. The van der Waals surface area contributed by atoms with Gasteiger partial charge in [-0.3, -0.25) is 9.69 Å². The minimum absolute atomic E-state index is 0.441. The summed E-state index contributed by atoms with van der Waals surface area (Å²) < 4.78 is 5.46. The van der Waals surface area contributed by atoms with Gasteiger partial charge < -0.3 is 4.74 Å². The van der Waals surface area contributed by atoms with Gasteiger partial charge in [0.25, 0.3) is 0 Å². The van der Waals surface area contributed by atoms with Gasteiger partial charge in [0.2, 0.25) is 0 Å². The van der Waals surface area contributed by atoms with Gasteiger partial charge in [0, 0.05) is 31.5 Å². The lowest BCUT2D eigenvalue weighted by atomic mass is 10.1. The molecule has 2 fully saturated rings. The van der Waals surface area contributed by atoms with E-state index in [1.807, 2.05) is 0 Å². The molecule has 0 bridgehead atoms. The SMILES string of the molecule is CCC1COCCN1C1CCC(=O)C1. The van der Waals surface area contributed by atoms with Crippen LogP contribution in [0, 0.1) is 0 Å². The Labute approximate surface area is 85.4 Å².